The van der Waals surface area contributed by atoms with Gasteiger partial charge in [0.2, 0.25) is 0 Å². The third-order valence-corrected chi connectivity index (χ3v) is 5.73. The zero-order valence-electron chi connectivity index (χ0n) is 19.8. The van der Waals surface area contributed by atoms with Crippen LogP contribution in [0.4, 0.5) is 0 Å². The molecule has 0 fully saturated rings. The van der Waals surface area contributed by atoms with Gasteiger partial charge in [-0.1, -0.05) is 29.4 Å². The summed E-state index contributed by atoms with van der Waals surface area (Å²) in [5.41, 5.74) is 2.16. The molecule has 0 aliphatic heterocycles. The lowest BCUT2D eigenvalue weighted by atomic mass is 10.0. The largest absolute Gasteiger partial charge is 0.497 e. The number of amides is 1. The quantitative estimate of drug-likeness (QED) is 0.343. The molecule has 0 unspecified atom stereocenters. The Balaban J connectivity index is 1.49. The molecular weight excluding hydrogens is 432 g/mol. The summed E-state index contributed by atoms with van der Waals surface area (Å²) in [6.07, 6.45) is 0. The van der Waals surface area contributed by atoms with Crippen molar-refractivity contribution in [1.29, 1.82) is 0 Å². The average Bonchev–Trinajstić information content (AvgIpc) is 3.18. The van der Waals surface area contributed by atoms with Gasteiger partial charge in [-0.2, -0.15) is 0 Å². The van der Waals surface area contributed by atoms with E-state index in [1.165, 1.54) is 0 Å². The first-order chi connectivity index (χ1) is 16.5. The minimum atomic E-state index is -0.141. The molecule has 0 atom stereocenters. The van der Waals surface area contributed by atoms with E-state index in [1.807, 2.05) is 74.5 Å². The van der Waals surface area contributed by atoms with E-state index in [1.54, 1.807) is 19.1 Å². The molecule has 3 aromatic carbocycles. The third kappa shape index (κ3) is 5.14. The van der Waals surface area contributed by atoms with Crippen LogP contribution in [0, 0.1) is 13.8 Å². The minimum absolute atomic E-state index is 0.141. The van der Waals surface area contributed by atoms with Gasteiger partial charge in [0.15, 0.2) is 0 Å². The molecule has 0 bridgehead atoms. The number of hydrogen-bond donors (Lipinski definition) is 0. The van der Waals surface area contributed by atoms with Crippen molar-refractivity contribution in [2.24, 2.45) is 0 Å². The number of carbonyl (C=O) groups is 1. The molecule has 1 heterocycles. The van der Waals surface area contributed by atoms with E-state index in [9.17, 15) is 4.79 Å². The fourth-order valence-electron chi connectivity index (χ4n) is 3.64. The predicted octanol–water partition coefficient (Wildman–Crippen LogP) is 5.18. The number of aryl methyl sites for hydroxylation is 2. The highest BCUT2D eigenvalue weighted by atomic mass is 16.5. The van der Waals surface area contributed by atoms with Crippen LogP contribution in [0.15, 0.2) is 65.2 Å². The van der Waals surface area contributed by atoms with Gasteiger partial charge in [-0.05, 0) is 61.0 Å². The standard InChI is InChI=1S/C27H28N2O5/c1-18-25(19(2)34-28-18)17-33-26-16-21-8-6-5-7-20(21)15-24(26)27(30)29(3)13-14-32-23-11-9-22(31-4)10-12-23/h5-12,15-16H,13-14,17H2,1-4H3. The normalized spacial score (nSPS) is 10.8. The second-order valence-electron chi connectivity index (χ2n) is 8.04. The van der Waals surface area contributed by atoms with Crippen molar-refractivity contribution in [3.05, 3.63) is 83.2 Å². The first-order valence-electron chi connectivity index (χ1n) is 11.1. The minimum Gasteiger partial charge on any atom is -0.497 e. The van der Waals surface area contributed by atoms with Crippen molar-refractivity contribution in [3.63, 3.8) is 0 Å². The summed E-state index contributed by atoms with van der Waals surface area (Å²) in [6, 6.07) is 19.0. The molecule has 34 heavy (non-hydrogen) atoms. The van der Waals surface area contributed by atoms with Crippen LogP contribution in [0.2, 0.25) is 0 Å². The number of rotatable bonds is 9. The van der Waals surface area contributed by atoms with Gasteiger partial charge in [0.25, 0.3) is 5.91 Å². The third-order valence-electron chi connectivity index (χ3n) is 5.73. The Hall–Kier alpha value is -4.00. The molecule has 1 amide bonds. The van der Waals surface area contributed by atoms with Gasteiger partial charge in [0.05, 0.1) is 30.5 Å². The second kappa shape index (κ2) is 10.3. The number of aromatic nitrogens is 1. The topological polar surface area (TPSA) is 74.0 Å². The molecular formula is C27H28N2O5. The second-order valence-corrected chi connectivity index (χ2v) is 8.04. The lowest BCUT2D eigenvalue weighted by Crippen LogP contribution is -2.31. The highest BCUT2D eigenvalue weighted by molar-refractivity contribution is 6.01. The Morgan fingerprint density at radius 2 is 1.65 bits per heavy atom. The van der Waals surface area contributed by atoms with Crippen LogP contribution in [-0.2, 0) is 6.61 Å². The van der Waals surface area contributed by atoms with Gasteiger partial charge >= 0.3 is 0 Å². The Morgan fingerprint density at radius 3 is 2.29 bits per heavy atom. The Bertz CT molecular complexity index is 1260. The van der Waals surface area contributed by atoms with Crippen LogP contribution in [0.3, 0.4) is 0 Å². The molecule has 0 aliphatic rings. The van der Waals surface area contributed by atoms with Crippen LogP contribution < -0.4 is 14.2 Å². The molecule has 7 heteroatoms. The van der Waals surface area contributed by atoms with E-state index in [4.69, 9.17) is 18.7 Å². The number of hydrogen-bond acceptors (Lipinski definition) is 6. The van der Waals surface area contributed by atoms with E-state index in [2.05, 4.69) is 5.16 Å². The van der Waals surface area contributed by atoms with Gasteiger partial charge in [-0.15, -0.1) is 0 Å². The van der Waals surface area contributed by atoms with Crippen molar-refractivity contribution in [3.8, 4) is 17.2 Å². The fourth-order valence-corrected chi connectivity index (χ4v) is 3.64. The van der Waals surface area contributed by atoms with Crippen molar-refractivity contribution < 1.29 is 23.5 Å². The maximum absolute atomic E-state index is 13.4. The molecule has 0 saturated heterocycles. The number of fused-ring (bicyclic) bond motifs is 1. The summed E-state index contributed by atoms with van der Waals surface area (Å²) in [5, 5.41) is 5.95. The van der Waals surface area contributed by atoms with Gasteiger partial charge in [0, 0.05) is 7.05 Å². The fraction of sp³-hybridized carbons (Fsp3) is 0.259. The lowest BCUT2D eigenvalue weighted by Gasteiger charge is -2.20. The van der Waals surface area contributed by atoms with Crippen molar-refractivity contribution in [2.45, 2.75) is 20.5 Å². The molecule has 7 nitrogen and oxygen atoms in total. The van der Waals surface area contributed by atoms with Crippen molar-refractivity contribution >= 4 is 16.7 Å². The maximum atomic E-state index is 13.4. The summed E-state index contributed by atoms with van der Waals surface area (Å²) >= 11 is 0. The molecule has 0 radical (unpaired) electrons. The molecule has 0 spiro atoms. The van der Waals surface area contributed by atoms with E-state index >= 15 is 0 Å². The first kappa shape index (κ1) is 23.2. The average molecular weight is 461 g/mol. The summed E-state index contributed by atoms with van der Waals surface area (Å²) in [7, 11) is 3.38. The van der Waals surface area contributed by atoms with Gasteiger partial charge in [-0.25, -0.2) is 0 Å². The predicted molar refractivity (Wildman–Crippen MR) is 130 cm³/mol. The number of nitrogens with zero attached hydrogens (tertiary/aromatic N) is 2. The smallest absolute Gasteiger partial charge is 0.257 e. The van der Waals surface area contributed by atoms with Crippen molar-refractivity contribution in [1.82, 2.24) is 10.1 Å². The van der Waals surface area contributed by atoms with Gasteiger partial charge in [-0.3, -0.25) is 4.79 Å². The Morgan fingerprint density at radius 1 is 0.971 bits per heavy atom. The van der Waals surface area contributed by atoms with Crippen LogP contribution in [0.25, 0.3) is 10.8 Å². The Kier molecular flexibility index (Phi) is 7.01. The van der Waals surface area contributed by atoms with Crippen molar-refractivity contribution in [2.75, 3.05) is 27.3 Å². The van der Waals surface area contributed by atoms with Gasteiger partial charge in [0.1, 0.15) is 36.2 Å². The Labute approximate surface area is 198 Å². The highest BCUT2D eigenvalue weighted by Crippen LogP contribution is 2.29. The molecule has 4 rings (SSSR count). The summed E-state index contributed by atoms with van der Waals surface area (Å²) in [6.45, 7) is 4.77. The number of methoxy groups -OCH3 is 1. The van der Waals surface area contributed by atoms with E-state index in [-0.39, 0.29) is 12.5 Å². The van der Waals surface area contributed by atoms with Gasteiger partial charge < -0.3 is 23.6 Å². The lowest BCUT2D eigenvalue weighted by molar-refractivity contribution is 0.0769. The van der Waals surface area contributed by atoms with Crippen LogP contribution >= 0.6 is 0 Å². The van der Waals surface area contributed by atoms with Crippen LogP contribution in [-0.4, -0.2) is 43.3 Å². The van der Waals surface area contributed by atoms with Crippen LogP contribution in [0.1, 0.15) is 27.4 Å². The SMILES string of the molecule is COc1ccc(OCCN(C)C(=O)c2cc3ccccc3cc2OCc2c(C)noc2C)cc1. The molecule has 0 N–H and O–H groups in total. The van der Waals surface area contributed by atoms with E-state index in [0.717, 1.165) is 33.5 Å². The van der Waals surface area contributed by atoms with Crippen LogP contribution in [0.5, 0.6) is 17.2 Å². The molecule has 4 aromatic rings. The highest BCUT2D eigenvalue weighted by Gasteiger charge is 2.19. The molecule has 1 aromatic heterocycles. The molecule has 0 aliphatic carbocycles. The number of benzene rings is 3. The number of ether oxygens (including phenoxy) is 3. The molecule has 0 saturated carbocycles. The maximum Gasteiger partial charge on any atom is 0.257 e. The summed E-state index contributed by atoms with van der Waals surface area (Å²) < 4.78 is 22.3. The number of likely N-dealkylation sites (N-methyl/N-ethyl adjacent to an activating group) is 1. The van der Waals surface area contributed by atoms with E-state index < -0.39 is 0 Å². The monoisotopic (exact) mass is 460 g/mol. The van der Waals surface area contributed by atoms with E-state index in [0.29, 0.717) is 30.2 Å². The summed E-state index contributed by atoms with van der Waals surface area (Å²) in [4.78, 5) is 15.0. The number of carbonyl (C=O) groups excluding carboxylic acids is 1. The zero-order valence-corrected chi connectivity index (χ0v) is 19.8. The zero-order chi connectivity index (χ0) is 24.1. The summed E-state index contributed by atoms with van der Waals surface area (Å²) in [5.74, 6) is 2.57. The first-order valence-corrected chi connectivity index (χ1v) is 11.1. The molecule has 176 valence electrons.